The lowest BCUT2D eigenvalue weighted by molar-refractivity contribution is -0.155. The summed E-state index contributed by atoms with van der Waals surface area (Å²) in [5.74, 6) is -0.0858. The smallest absolute Gasteiger partial charge is 0.329 e. The zero-order valence-corrected chi connectivity index (χ0v) is 16.7. The molecule has 2 aromatic rings. The highest BCUT2D eigenvalue weighted by atomic mass is 16.6. The van der Waals surface area contributed by atoms with Crippen molar-refractivity contribution in [3.05, 3.63) is 41.2 Å². The van der Waals surface area contributed by atoms with Crippen molar-refractivity contribution in [2.45, 2.75) is 38.3 Å². The minimum Gasteiger partial charge on any atom is -0.486 e. The third kappa shape index (κ3) is 3.23. The van der Waals surface area contributed by atoms with Gasteiger partial charge in [-0.3, -0.25) is 4.79 Å². The molecule has 1 saturated carbocycles. The summed E-state index contributed by atoms with van der Waals surface area (Å²) in [4.78, 5) is 24.7. The van der Waals surface area contributed by atoms with Gasteiger partial charge in [-0.2, -0.15) is 0 Å². The number of nitrogens with zero attached hydrogens (tertiary/aromatic N) is 1. The van der Waals surface area contributed by atoms with Crippen molar-refractivity contribution in [3.63, 3.8) is 0 Å². The first-order valence-electron chi connectivity index (χ1n) is 9.52. The number of aromatic nitrogens is 1. The number of carbonyl (C=O) groups is 2. The molecule has 8 nitrogen and oxygen atoms in total. The first-order chi connectivity index (χ1) is 13.8. The van der Waals surface area contributed by atoms with Crippen molar-refractivity contribution in [1.82, 2.24) is 9.88 Å². The van der Waals surface area contributed by atoms with Gasteiger partial charge in [-0.15, -0.1) is 0 Å². The number of carbonyl (C=O) groups excluding carboxylic acids is 1. The van der Waals surface area contributed by atoms with Crippen molar-refractivity contribution >= 4 is 11.9 Å². The molecule has 1 aliphatic carbocycles. The molecule has 1 aromatic heterocycles. The number of ether oxygens (including phenoxy) is 3. The van der Waals surface area contributed by atoms with Gasteiger partial charge in [0.2, 0.25) is 0 Å². The summed E-state index contributed by atoms with van der Waals surface area (Å²) in [6, 6.07) is 7.40. The van der Waals surface area contributed by atoms with E-state index in [9.17, 15) is 14.7 Å². The van der Waals surface area contributed by atoms with Crippen LogP contribution in [-0.2, 0) is 9.53 Å². The molecule has 2 N–H and O–H groups in total. The molecular weight excluding hydrogens is 376 g/mol. The highest BCUT2D eigenvalue weighted by Gasteiger charge is 2.52. The van der Waals surface area contributed by atoms with E-state index in [1.807, 2.05) is 36.6 Å². The van der Waals surface area contributed by atoms with Gasteiger partial charge < -0.3 is 29.2 Å². The average Bonchev–Trinajstić information content (AvgIpc) is 2.97. The van der Waals surface area contributed by atoms with Gasteiger partial charge in [0.15, 0.2) is 11.5 Å². The number of carboxylic acids is 1. The first kappa shape index (κ1) is 19.3. The van der Waals surface area contributed by atoms with Crippen molar-refractivity contribution < 1.29 is 28.9 Å². The number of benzene rings is 1. The molecule has 1 aliphatic heterocycles. The summed E-state index contributed by atoms with van der Waals surface area (Å²) >= 11 is 0. The van der Waals surface area contributed by atoms with Crippen LogP contribution in [-0.4, -0.2) is 53.5 Å². The predicted molar refractivity (Wildman–Crippen MR) is 104 cm³/mol. The maximum absolute atomic E-state index is 12.9. The fourth-order valence-corrected chi connectivity index (χ4v) is 4.06. The SMILES string of the molecule is COC1CC(NC(=O)c2cc(C)n(-c3ccc4c(c3)OCCO4)c2C)(C(=O)O)C1. The van der Waals surface area contributed by atoms with E-state index in [4.69, 9.17) is 14.2 Å². The number of hydrogen-bond acceptors (Lipinski definition) is 5. The van der Waals surface area contributed by atoms with Crippen LogP contribution in [0.15, 0.2) is 24.3 Å². The lowest BCUT2D eigenvalue weighted by Crippen LogP contribution is -2.64. The molecular formula is C21H24N2O6. The van der Waals surface area contributed by atoms with Crippen LogP contribution in [0.2, 0.25) is 0 Å². The quantitative estimate of drug-likeness (QED) is 0.799. The maximum atomic E-state index is 12.9. The second-order valence-corrected chi connectivity index (χ2v) is 7.56. The molecule has 0 atom stereocenters. The minimum absolute atomic E-state index is 0.156. The topological polar surface area (TPSA) is 99.0 Å². The normalized spacial score (nSPS) is 22.7. The lowest BCUT2D eigenvalue weighted by atomic mass is 9.74. The van der Waals surface area contributed by atoms with E-state index in [2.05, 4.69) is 5.32 Å². The Morgan fingerprint density at radius 3 is 2.52 bits per heavy atom. The molecule has 0 saturated heterocycles. The summed E-state index contributed by atoms with van der Waals surface area (Å²) in [5, 5.41) is 12.3. The zero-order valence-electron chi connectivity index (χ0n) is 16.7. The summed E-state index contributed by atoms with van der Waals surface area (Å²) in [7, 11) is 1.54. The van der Waals surface area contributed by atoms with Crippen LogP contribution in [0.5, 0.6) is 11.5 Å². The Morgan fingerprint density at radius 2 is 1.86 bits per heavy atom. The van der Waals surface area contributed by atoms with Gasteiger partial charge in [0, 0.05) is 43.1 Å². The van der Waals surface area contributed by atoms with Crippen LogP contribution >= 0.6 is 0 Å². The van der Waals surface area contributed by atoms with E-state index < -0.39 is 17.4 Å². The van der Waals surface area contributed by atoms with E-state index >= 15 is 0 Å². The number of methoxy groups -OCH3 is 1. The first-order valence-corrected chi connectivity index (χ1v) is 9.52. The predicted octanol–water partition coefficient (Wildman–Crippen LogP) is 2.23. The van der Waals surface area contributed by atoms with Crippen LogP contribution in [0.4, 0.5) is 0 Å². The second kappa shape index (κ2) is 7.11. The Labute approximate surface area is 168 Å². The number of fused-ring (bicyclic) bond motifs is 1. The molecule has 1 aromatic carbocycles. The van der Waals surface area contributed by atoms with E-state index in [1.54, 1.807) is 13.2 Å². The molecule has 1 fully saturated rings. The molecule has 0 unspecified atom stereocenters. The van der Waals surface area contributed by atoms with Crippen LogP contribution in [0.25, 0.3) is 5.69 Å². The van der Waals surface area contributed by atoms with Gasteiger partial charge in [-0.05, 0) is 32.0 Å². The second-order valence-electron chi connectivity index (χ2n) is 7.56. The lowest BCUT2D eigenvalue weighted by Gasteiger charge is -2.43. The zero-order chi connectivity index (χ0) is 20.8. The highest BCUT2D eigenvalue weighted by Crippen LogP contribution is 2.36. The maximum Gasteiger partial charge on any atom is 0.329 e. The molecule has 8 heteroatoms. The number of carboxylic acid groups (broad SMARTS) is 1. The Kier molecular flexibility index (Phi) is 4.74. The third-order valence-electron chi connectivity index (χ3n) is 5.71. The largest absolute Gasteiger partial charge is 0.486 e. The van der Waals surface area contributed by atoms with Gasteiger partial charge >= 0.3 is 5.97 Å². The van der Waals surface area contributed by atoms with Gasteiger partial charge in [-0.25, -0.2) is 4.79 Å². The van der Waals surface area contributed by atoms with E-state index in [0.717, 1.165) is 17.1 Å². The van der Waals surface area contributed by atoms with Gasteiger partial charge in [0.1, 0.15) is 18.8 Å². The molecule has 29 heavy (non-hydrogen) atoms. The number of amides is 1. The van der Waals surface area contributed by atoms with E-state index in [0.29, 0.717) is 30.3 Å². The highest BCUT2D eigenvalue weighted by molar-refractivity contribution is 5.99. The fourth-order valence-electron chi connectivity index (χ4n) is 4.06. The Morgan fingerprint density at radius 1 is 1.17 bits per heavy atom. The van der Waals surface area contributed by atoms with Gasteiger partial charge in [-0.1, -0.05) is 0 Å². The van der Waals surface area contributed by atoms with Crippen LogP contribution in [0.3, 0.4) is 0 Å². The van der Waals surface area contributed by atoms with Crippen LogP contribution < -0.4 is 14.8 Å². The number of rotatable bonds is 5. The molecule has 154 valence electrons. The molecule has 0 spiro atoms. The van der Waals surface area contributed by atoms with E-state index in [-0.39, 0.29) is 18.9 Å². The van der Waals surface area contributed by atoms with Gasteiger partial charge in [0.25, 0.3) is 5.91 Å². The standard InChI is InChI=1S/C21H24N2O6/c1-12-8-16(19(24)22-21(20(25)26)10-15(11-21)27-3)13(2)23(12)14-4-5-17-18(9-14)29-7-6-28-17/h4-5,8-9,15H,6-7,10-11H2,1-3H3,(H,22,24)(H,25,26). The van der Waals surface area contributed by atoms with Crippen molar-refractivity contribution in [3.8, 4) is 17.2 Å². The molecule has 0 radical (unpaired) electrons. The average molecular weight is 400 g/mol. The number of aliphatic carboxylic acids is 1. The number of nitrogens with one attached hydrogen (secondary N) is 1. The molecule has 1 amide bonds. The van der Waals surface area contributed by atoms with Crippen LogP contribution in [0.1, 0.15) is 34.6 Å². The molecule has 4 rings (SSSR count). The third-order valence-corrected chi connectivity index (χ3v) is 5.71. The molecule has 2 aliphatic rings. The summed E-state index contributed by atoms with van der Waals surface area (Å²) in [5.41, 5.74) is 1.59. The summed E-state index contributed by atoms with van der Waals surface area (Å²) in [6.45, 7) is 4.75. The summed E-state index contributed by atoms with van der Waals surface area (Å²) < 4.78 is 18.4. The molecule has 0 bridgehead atoms. The monoisotopic (exact) mass is 400 g/mol. The number of hydrogen-bond donors (Lipinski definition) is 2. The van der Waals surface area contributed by atoms with Gasteiger partial charge in [0.05, 0.1) is 11.7 Å². The molecule has 2 heterocycles. The number of aryl methyl sites for hydroxylation is 1. The minimum atomic E-state index is -1.28. The van der Waals surface area contributed by atoms with Crippen LogP contribution in [0, 0.1) is 13.8 Å². The Hall–Kier alpha value is -3.00. The van der Waals surface area contributed by atoms with E-state index in [1.165, 1.54) is 0 Å². The Balaban J connectivity index is 1.62. The van der Waals surface area contributed by atoms with Crippen molar-refractivity contribution in [2.24, 2.45) is 0 Å². The Bertz CT molecular complexity index is 974. The van der Waals surface area contributed by atoms with Crippen molar-refractivity contribution in [1.29, 1.82) is 0 Å². The fraction of sp³-hybridized carbons (Fsp3) is 0.429. The summed E-state index contributed by atoms with van der Waals surface area (Å²) in [6.07, 6.45) is 0.355. The van der Waals surface area contributed by atoms with Crippen molar-refractivity contribution in [2.75, 3.05) is 20.3 Å².